The van der Waals surface area contributed by atoms with E-state index in [0.717, 1.165) is 28.3 Å². The second-order valence-electron chi connectivity index (χ2n) is 7.76. The maximum absolute atomic E-state index is 12.4. The van der Waals surface area contributed by atoms with Crippen molar-refractivity contribution in [2.75, 3.05) is 5.75 Å². The monoisotopic (exact) mass is 457 g/mol. The van der Waals surface area contributed by atoms with Crippen molar-refractivity contribution in [3.05, 3.63) is 83.9 Å². The molecule has 5 aromatic rings. The fraction of sp³-hybridized carbons (Fsp3) is 0.160. The van der Waals surface area contributed by atoms with Crippen LogP contribution in [0.2, 0.25) is 0 Å². The molecule has 0 atom stereocenters. The number of hydrogen-bond acceptors (Lipinski definition) is 5. The van der Waals surface area contributed by atoms with E-state index < -0.39 is 0 Å². The molecular formula is C25H23N5O2S. The number of furan rings is 1. The van der Waals surface area contributed by atoms with Crippen LogP contribution >= 0.6 is 11.8 Å². The number of aromatic nitrogens is 4. The average molecular weight is 458 g/mol. The predicted molar refractivity (Wildman–Crippen MR) is 129 cm³/mol. The highest BCUT2D eigenvalue weighted by molar-refractivity contribution is 7.99. The fourth-order valence-corrected chi connectivity index (χ4v) is 4.52. The molecule has 0 aliphatic carbocycles. The summed E-state index contributed by atoms with van der Waals surface area (Å²) in [7, 11) is 0. The lowest BCUT2D eigenvalue weighted by Crippen LogP contribution is -2.24. The van der Waals surface area contributed by atoms with Gasteiger partial charge in [-0.05, 0) is 61.9 Å². The van der Waals surface area contributed by atoms with Gasteiger partial charge in [0.1, 0.15) is 5.76 Å². The lowest BCUT2D eigenvalue weighted by Gasteiger charge is -2.10. The maximum Gasteiger partial charge on any atom is 0.230 e. The van der Waals surface area contributed by atoms with Crippen LogP contribution in [0.4, 0.5) is 0 Å². The summed E-state index contributed by atoms with van der Waals surface area (Å²) in [5, 5.41) is 13.6. The smallest absolute Gasteiger partial charge is 0.230 e. The Hall–Kier alpha value is -3.78. The lowest BCUT2D eigenvalue weighted by molar-refractivity contribution is -0.118. The molecule has 0 spiro atoms. The molecule has 0 aliphatic heterocycles. The first-order chi connectivity index (χ1) is 16.1. The SMILES string of the molecule is Cc1[nH]c2ccc(-c3nnc(SCC(=O)NCc4ccco4)n3-c3ccccc3)cc2c1C. The first kappa shape index (κ1) is 21.1. The van der Waals surface area contributed by atoms with Gasteiger partial charge in [-0.25, -0.2) is 0 Å². The molecule has 33 heavy (non-hydrogen) atoms. The maximum atomic E-state index is 12.4. The van der Waals surface area contributed by atoms with Gasteiger partial charge in [0.05, 0.1) is 18.6 Å². The van der Waals surface area contributed by atoms with Gasteiger partial charge < -0.3 is 14.7 Å². The Kier molecular flexibility index (Phi) is 5.75. The highest BCUT2D eigenvalue weighted by Gasteiger charge is 2.18. The van der Waals surface area contributed by atoms with Gasteiger partial charge in [-0.15, -0.1) is 10.2 Å². The number of carbonyl (C=O) groups excluding carboxylic acids is 1. The molecule has 5 rings (SSSR count). The second kappa shape index (κ2) is 8.99. The summed E-state index contributed by atoms with van der Waals surface area (Å²) in [5.74, 6) is 1.58. The lowest BCUT2D eigenvalue weighted by atomic mass is 10.1. The Labute approximate surface area is 195 Å². The zero-order chi connectivity index (χ0) is 22.8. The van der Waals surface area contributed by atoms with E-state index >= 15 is 0 Å². The van der Waals surface area contributed by atoms with E-state index in [2.05, 4.69) is 46.5 Å². The van der Waals surface area contributed by atoms with Gasteiger partial charge in [-0.1, -0.05) is 30.0 Å². The predicted octanol–water partition coefficient (Wildman–Crippen LogP) is 5.03. The fourth-order valence-electron chi connectivity index (χ4n) is 3.74. The Bertz CT molecular complexity index is 1400. The van der Waals surface area contributed by atoms with Gasteiger partial charge in [0.25, 0.3) is 0 Å². The van der Waals surface area contributed by atoms with Gasteiger partial charge >= 0.3 is 0 Å². The van der Waals surface area contributed by atoms with Gasteiger partial charge in [-0.3, -0.25) is 9.36 Å². The van der Waals surface area contributed by atoms with Gasteiger partial charge in [0, 0.05) is 27.8 Å². The molecule has 166 valence electrons. The molecule has 0 aliphatic rings. The van der Waals surface area contributed by atoms with Crippen LogP contribution in [0.5, 0.6) is 0 Å². The molecule has 3 heterocycles. The Morgan fingerprint density at radius 1 is 1.09 bits per heavy atom. The van der Waals surface area contributed by atoms with Crippen molar-refractivity contribution in [3.63, 3.8) is 0 Å². The van der Waals surface area contributed by atoms with Crippen molar-refractivity contribution in [3.8, 4) is 17.1 Å². The van der Waals surface area contributed by atoms with Gasteiger partial charge in [0.15, 0.2) is 11.0 Å². The van der Waals surface area contributed by atoms with Crippen LogP contribution in [0.1, 0.15) is 17.0 Å². The number of fused-ring (bicyclic) bond motifs is 1. The standard InChI is InChI=1S/C25H23N5O2S/c1-16-17(2)27-22-11-10-18(13-21(16)22)24-28-29-25(30(24)19-7-4-3-5-8-19)33-15-23(31)26-14-20-9-6-12-32-20/h3-13,27H,14-15H2,1-2H3,(H,26,31). The number of hydrogen-bond donors (Lipinski definition) is 2. The van der Waals surface area contributed by atoms with E-state index in [-0.39, 0.29) is 11.7 Å². The molecule has 0 unspecified atom stereocenters. The number of H-pyrrole nitrogens is 1. The molecule has 1 amide bonds. The summed E-state index contributed by atoms with van der Waals surface area (Å²) in [6, 6.07) is 19.8. The summed E-state index contributed by atoms with van der Waals surface area (Å²) < 4.78 is 7.27. The van der Waals surface area contributed by atoms with Crippen molar-refractivity contribution in [2.24, 2.45) is 0 Å². The summed E-state index contributed by atoms with van der Waals surface area (Å²) in [6.07, 6.45) is 1.59. The Morgan fingerprint density at radius 3 is 2.73 bits per heavy atom. The highest BCUT2D eigenvalue weighted by atomic mass is 32.2. The van der Waals surface area contributed by atoms with E-state index in [0.29, 0.717) is 17.5 Å². The Balaban J connectivity index is 1.44. The molecule has 0 radical (unpaired) electrons. The molecule has 3 aromatic heterocycles. The number of thioether (sulfide) groups is 1. The zero-order valence-corrected chi connectivity index (χ0v) is 19.1. The molecule has 7 nitrogen and oxygen atoms in total. The van der Waals surface area contributed by atoms with E-state index in [1.807, 2.05) is 47.0 Å². The number of aromatic amines is 1. The molecule has 2 N–H and O–H groups in total. The van der Waals surface area contributed by atoms with Crippen molar-refractivity contribution >= 4 is 28.6 Å². The molecule has 0 saturated heterocycles. The van der Waals surface area contributed by atoms with Crippen molar-refractivity contribution in [1.29, 1.82) is 0 Å². The number of carbonyl (C=O) groups is 1. The van der Waals surface area contributed by atoms with E-state index in [1.165, 1.54) is 22.7 Å². The molecule has 0 bridgehead atoms. The zero-order valence-electron chi connectivity index (χ0n) is 18.3. The van der Waals surface area contributed by atoms with E-state index in [1.54, 1.807) is 12.3 Å². The second-order valence-corrected chi connectivity index (χ2v) is 8.70. The largest absolute Gasteiger partial charge is 0.467 e. The van der Waals surface area contributed by atoms with E-state index in [9.17, 15) is 4.79 Å². The van der Waals surface area contributed by atoms with Crippen LogP contribution in [-0.4, -0.2) is 31.4 Å². The van der Waals surface area contributed by atoms with Crippen LogP contribution in [0.25, 0.3) is 28.0 Å². The average Bonchev–Trinajstić information content (AvgIpc) is 3.57. The number of rotatable bonds is 7. The Morgan fingerprint density at radius 2 is 1.94 bits per heavy atom. The highest BCUT2D eigenvalue weighted by Crippen LogP contribution is 2.31. The molecule has 2 aromatic carbocycles. The van der Waals surface area contributed by atoms with Crippen molar-refractivity contribution in [2.45, 2.75) is 25.5 Å². The number of benzene rings is 2. The van der Waals surface area contributed by atoms with Gasteiger partial charge in [-0.2, -0.15) is 0 Å². The summed E-state index contributed by atoms with van der Waals surface area (Å²) in [6.45, 7) is 4.55. The third-order valence-electron chi connectivity index (χ3n) is 5.59. The van der Waals surface area contributed by atoms with Crippen LogP contribution in [-0.2, 0) is 11.3 Å². The normalized spacial score (nSPS) is 11.2. The minimum Gasteiger partial charge on any atom is -0.467 e. The first-order valence-electron chi connectivity index (χ1n) is 10.6. The number of amides is 1. The van der Waals surface area contributed by atoms with Crippen LogP contribution in [0.3, 0.4) is 0 Å². The number of para-hydroxylation sites is 1. The van der Waals surface area contributed by atoms with E-state index in [4.69, 9.17) is 4.42 Å². The number of nitrogens with one attached hydrogen (secondary N) is 2. The summed E-state index contributed by atoms with van der Waals surface area (Å²) in [5.41, 5.74) is 5.39. The molecule has 0 fully saturated rings. The third-order valence-corrected chi connectivity index (χ3v) is 6.52. The van der Waals surface area contributed by atoms with Crippen LogP contribution < -0.4 is 5.32 Å². The van der Waals surface area contributed by atoms with Crippen molar-refractivity contribution in [1.82, 2.24) is 25.1 Å². The first-order valence-corrected chi connectivity index (χ1v) is 11.6. The number of nitrogens with zero attached hydrogens (tertiary/aromatic N) is 3. The quantitative estimate of drug-likeness (QED) is 0.335. The minimum atomic E-state index is -0.0968. The third kappa shape index (κ3) is 4.29. The van der Waals surface area contributed by atoms with Crippen LogP contribution in [0, 0.1) is 13.8 Å². The topological polar surface area (TPSA) is 88.7 Å². The number of aryl methyl sites for hydroxylation is 2. The van der Waals surface area contributed by atoms with Crippen molar-refractivity contribution < 1.29 is 9.21 Å². The summed E-state index contributed by atoms with van der Waals surface area (Å²) in [4.78, 5) is 15.8. The molecular weight excluding hydrogens is 434 g/mol. The van der Waals surface area contributed by atoms with Gasteiger partial charge in [0.2, 0.25) is 5.91 Å². The molecule has 8 heteroatoms. The minimum absolute atomic E-state index is 0.0968. The summed E-state index contributed by atoms with van der Waals surface area (Å²) >= 11 is 1.35. The molecule has 0 saturated carbocycles. The van der Waals surface area contributed by atoms with Crippen LogP contribution in [0.15, 0.2) is 76.5 Å².